The van der Waals surface area contributed by atoms with Gasteiger partial charge in [0, 0.05) is 25.4 Å². The highest BCUT2D eigenvalue weighted by atomic mass is 32.1. The minimum atomic E-state index is 0.00568. The van der Waals surface area contributed by atoms with E-state index in [9.17, 15) is 4.79 Å². The Labute approximate surface area is 138 Å². The summed E-state index contributed by atoms with van der Waals surface area (Å²) in [7, 11) is 0. The third-order valence-electron chi connectivity index (χ3n) is 3.52. The molecule has 0 saturated heterocycles. The minimum Gasteiger partial charge on any atom is -0.356 e. The van der Waals surface area contributed by atoms with E-state index in [2.05, 4.69) is 31.5 Å². The fourth-order valence-corrected chi connectivity index (χ4v) is 3.12. The number of hydrogen-bond donors (Lipinski definition) is 1. The van der Waals surface area contributed by atoms with Crippen molar-refractivity contribution in [1.82, 2.24) is 20.0 Å². The molecule has 0 unspecified atom stereocenters. The molecule has 3 heterocycles. The number of rotatable bonds is 7. The lowest BCUT2D eigenvalue weighted by molar-refractivity contribution is -0.121. The van der Waals surface area contributed by atoms with Crippen LogP contribution in [0.1, 0.15) is 29.7 Å². The van der Waals surface area contributed by atoms with Gasteiger partial charge < -0.3 is 14.4 Å². The number of amides is 1. The van der Waals surface area contributed by atoms with E-state index in [-0.39, 0.29) is 11.9 Å². The molecule has 1 atom stereocenters. The third kappa shape index (κ3) is 4.07. The molecular weight excluding hydrogens is 312 g/mol. The Balaban J connectivity index is 1.56. The summed E-state index contributed by atoms with van der Waals surface area (Å²) in [5.74, 6) is 1.16. The van der Waals surface area contributed by atoms with Crippen molar-refractivity contribution < 1.29 is 9.32 Å². The molecule has 6 nitrogen and oxygen atoms in total. The van der Waals surface area contributed by atoms with Gasteiger partial charge in [0.25, 0.3) is 0 Å². The van der Waals surface area contributed by atoms with Gasteiger partial charge >= 0.3 is 0 Å². The van der Waals surface area contributed by atoms with Crippen LogP contribution in [-0.2, 0) is 11.2 Å². The van der Waals surface area contributed by atoms with Gasteiger partial charge in [-0.1, -0.05) is 5.16 Å². The normalized spacial score (nSPS) is 12.2. The average molecular weight is 330 g/mol. The SMILES string of the molecule is Cc1noc(CCNC(=O)C[C@H](c2ccsc2)n2cccc2)n1. The van der Waals surface area contributed by atoms with Crippen molar-refractivity contribution in [3.8, 4) is 0 Å². The second kappa shape index (κ2) is 7.23. The quantitative estimate of drug-likeness (QED) is 0.722. The molecule has 3 aromatic heterocycles. The number of carbonyl (C=O) groups excluding carboxylic acids is 1. The van der Waals surface area contributed by atoms with E-state index >= 15 is 0 Å². The van der Waals surface area contributed by atoms with E-state index in [1.165, 1.54) is 0 Å². The molecule has 0 radical (unpaired) electrons. The van der Waals surface area contributed by atoms with Crippen LogP contribution in [-0.4, -0.2) is 27.2 Å². The first kappa shape index (κ1) is 15.5. The molecule has 120 valence electrons. The molecule has 0 saturated carbocycles. The van der Waals surface area contributed by atoms with Crippen LogP contribution in [0.2, 0.25) is 0 Å². The zero-order chi connectivity index (χ0) is 16.1. The number of carbonyl (C=O) groups is 1. The molecule has 0 aliphatic heterocycles. The van der Waals surface area contributed by atoms with Gasteiger partial charge in [0.05, 0.1) is 12.5 Å². The molecule has 3 rings (SSSR count). The van der Waals surface area contributed by atoms with Crippen molar-refractivity contribution in [2.24, 2.45) is 0 Å². The molecule has 0 bridgehead atoms. The van der Waals surface area contributed by atoms with E-state index in [0.717, 1.165) is 5.56 Å². The van der Waals surface area contributed by atoms with Crippen LogP contribution in [0.4, 0.5) is 0 Å². The van der Waals surface area contributed by atoms with Gasteiger partial charge in [-0.3, -0.25) is 4.79 Å². The Morgan fingerprint density at radius 1 is 1.43 bits per heavy atom. The zero-order valence-corrected chi connectivity index (χ0v) is 13.6. The Hall–Kier alpha value is -2.41. The molecule has 0 spiro atoms. The Morgan fingerprint density at radius 3 is 2.91 bits per heavy atom. The summed E-state index contributed by atoms with van der Waals surface area (Å²) in [5.41, 5.74) is 1.15. The second-order valence-electron chi connectivity index (χ2n) is 5.24. The van der Waals surface area contributed by atoms with Gasteiger partial charge in [0.2, 0.25) is 11.8 Å². The number of aryl methyl sites for hydroxylation is 1. The number of nitrogens with one attached hydrogen (secondary N) is 1. The molecule has 23 heavy (non-hydrogen) atoms. The van der Waals surface area contributed by atoms with Crippen LogP contribution in [0, 0.1) is 6.92 Å². The third-order valence-corrected chi connectivity index (χ3v) is 4.23. The molecule has 0 aliphatic carbocycles. The van der Waals surface area contributed by atoms with Gasteiger partial charge in [-0.25, -0.2) is 0 Å². The predicted molar refractivity (Wildman–Crippen MR) is 87.3 cm³/mol. The summed E-state index contributed by atoms with van der Waals surface area (Å²) >= 11 is 1.64. The molecule has 7 heteroatoms. The van der Waals surface area contributed by atoms with E-state index in [0.29, 0.717) is 31.1 Å². The van der Waals surface area contributed by atoms with Gasteiger partial charge in [-0.05, 0) is 41.4 Å². The van der Waals surface area contributed by atoms with Crippen LogP contribution >= 0.6 is 11.3 Å². The fourth-order valence-electron chi connectivity index (χ4n) is 2.41. The Bertz CT molecular complexity index is 700. The van der Waals surface area contributed by atoms with Gasteiger partial charge in [-0.2, -0.15) is 16.3 Å². The van der Waals surface area contributed by atoms with Crippen molar-refractivity contribution in [1.29, 1.82) is 0 Å². The maximum atomic E-state index is 12.3. The van der Waals surface area contributed by atoms with Crippen molar-refractivity contribution in [2.45, 2.75) is 25.8 Å². The summed E-state index contributed by atoms with van der Waals surface area (Å²) < 4.78 is 7.09. The maximum absolute atomic E-state index is 12.3. The topological polar surface area (TPSA) is 73.0 Å². The van der Waals surface area contributed by atoms with Crippen LogP contribution in [0.3, 0.4) is 0 Å². The lowest BCUT2D eigenvalue weighted by Gasteiger charge is -2.17. The molecule has 0 aromatic carbocycles. The van der Waals surface area contributed by atoms with E-state index < -0.39 is 0 Å². The number of thiophene rings is 1. The largest absolute Gasteiger partial charge is 0.356 e. The lowest BCUT2D eigenvalue weighted by atomic mass is 10.1. The number of aromatic nitrogens is 3. The Kier molecular flexibility index (Phi) is 4.87. The van der Waals surface area contributed by atoms with Crippen LogP contribution in [0.5, 0.6) is 0 Å². The first-order valence-corrected chi connectivity index (χ1v) is 8.37. The second-order valence-corrected chi connectivity index (χ2v) is 6.02. The highest BCUT2D eigenvalue weighted by molar-refractivity contribution is 7.07. The fraction of sp³-hybridized carbons (Fsp3) is 0.312. The molecular formula is C16H18N4O2S. The van der Waals surface area contributed by atoms with Crippen LogP contribution < -0.4 is 5.32 Å². The predicted octanol–water partition coefficient (Wildman–Crippen LogP) is 2.58. The summed E-state index contributed by atoms with van der Waals surface area (Å²) in [6.45, 7) is 2.26. The molecule has 1 amide bonds. The average Bonchev–Trinajstić information content (AvgIpc) is 3.28. The summed E-state index contributed by atoms with van der Waals surface area (Å²) in [6.07, 6.45) is 4.90. The molecule has 1 N–H and O–H groups in total. The summed E-state index contributed by atoms with van der Waals surface area (Å²) in [5, 5.41) is 10.8. The first-order valence-electron chi connectivity index (χ1n) is 7.43. The lowest BCUT2D eigenvalue weighted by Crippen LogP contribution is -2.28. The van der Waals surface area contributed by atoms with Gasteiger partial charge in [-0.15, -0.1) is 0 Å². The van der Waals surface area contributed by atoms with Crippen molar-refractivity contribution >= 4 is 17.2 Å². The highest BCUT2D eigenvalue weighted by Gasteiger charge is 2.17. The standard InChI is InChI=1S/C16H18N4O2S/c1-12-18-16(22-19-12)4-6-17-15(21)10-14(13-5-9-23-11-13)20-7-2-3-8-20/h2-3,5,7-9,11,14H,4,6,10H2,1H3,(H,17,21)/t14-/m1/s1. The van der Waals surface area contributed by atoms with Crippen molar-refractivity contribution in [2.75, 3.05) is 6.54 Å². The van der Waals surface area contributed by atoms with Crippen LogP contribution in [0.25, 0.3) is 0 Å². The molecule has 3 aromatic rings. The summed E-state index contributed by atoms with van der Waals surface area (Å²) in [6, 6.07) is 6.01. The minimum absolute atomic E-state index is 0.00568. The van der Waals surface area contributed by atoms with E-state index in [4.69, 9.17) is 4.52 Å². The maximum Gasteiger partial charge on any atom is 0.228 e. The van der Waals surface area contributed by atoms with Crippen LogP contribution in [0.15, 0.2) is 45.9 Å². The monoisotopic (exact) mass is 330 g/mol. The summed E-state index contributed by atoms with van der Waals surface area (Å²) in [4.78, 5) is 16.4. The van der Waals surface area contributed by atoms with Crippen molar-refractivity contribution in [3.05, 3.63) is 58.6 Å². The van der Waals surface area contributed by atoms with E-state index in [1.807, 2.05) is 29.9 Å². The van der Waals surface area contributed by atoms with Crippen molar-refractivity contribution in [3.63, 3.8) is 0 Å². The highest BCUT2D eigenvalue weighted by Crippen LogP contribution is 2.24. The van der Waals surface area contributed by atoms with Gasteiger partial charge in [0.15, 0.2) is 5.82 Å². The number of nitrogens with zero attached hydrogens (tertiary/aromatic N) is 3. The molecule has 0 fully saturated rings. The number of hydrogen-bond acceptors (Lipinski definition) is 5. The molecule has 0 aliphatic rings. The Morgan fingerprint density at radius 2 is 2.26 bits per heavy atom. The van der Waals surface area contributed by atoms with Gasteiger partial charge in [0.1, 0.15) is 0 Å². The smallest absolute Gasteiger partial charge is 0.228 e. The first-order chi connectivity index (χ1) is 11.2. The van der Waals surface area contributed by atoms with E-state index in [1.54, 1.807) is 18.3 Å². The zero-order valence-electron chi connectivity index (χ0n) is 12.8.